The Hall–Kier alpha value is -2.31. The van der Waals surface area contributed by atoms with Crippen LogP contribution in [-0.4, -0.2) is 26.4 Å². The first-order valence-electron chi connectivity index (χ1n) is 8.12. The van der Waals surface area contributed by atoms with Crippen LogP contribution in [0.5, 0.6) is 0 Å². The van der Waals surface area contributed by atoms with Gasteiger partial charge in [0.15, 0.2) is 5.16 Å². The van der Waals surface area contributed by atoms with Gasteiger partial charge in [-0.1, -0.05) is 47.1 Å². The second kappa shape index (κ2) is 7.93. The largest absolute Gasteiger partial charge is 0.325 e. The Kier molecular flexibility index (Phi) is 5.64. The van der Waals surface area contributed by atoms with E-state index in [9.17, 15) is 4.79 Å². The van der Waals surface area contributed by atoms with Gasteiger partial charge >= 0.3 is 0 Å². The molecule has 134 valence electrons. The number of carbonyl (C=O) groups excluding carboxylic acids is 1. The van der Waals surface area contributed by atoms with Crippen LogP contribution < -0.4 is 5.32 Å². The molecular weight excluding hydrogens is 368 g/mol. The standard InChI is InChI=1S/C19H19ClN4OS/c1-12-4-8-16(9-5-12)24-14(3)22-23-19(24)26-11-18(25)21-15-7-6-13(2)17(20)10-15/h4-10H,11H2,1-3H3,(H,21,25). The molecule has 1 heterocycles. The SMILES string of the molecule is Cc1ccc(-n2c(C)nnc2SCC(=O)Nc2ccc(C)c(Cl)c2)cc1. The van der Waals surface area contributed by atoms with Gasteiger partial charge in [0.1, 0.15) is 5.82 Å². The number of carbonyl (C=O) groups is 1. The van der Waals surface area contributed by atoms with E-state index in [4.69, 9.17) is 11.6 Å². The van der Waals surface area contributed by atoms with Crippen molar-refractivity contribution in [1.29, 1.82) is 0 Å². The molecule has 26 heavy (non-hydrogen) atoms. The average molecular weight is 387 g/mol. The van der Waals surface area contributed by atoms with Crippen LogP contribution in [0, 0.1) is 20.8 Å². The van der Waals surface area contributed by atoms with Crippen molar-refractivity contribution in [1.82, 2.24) is 14.8 Å². The number of nitrogens with zero attached hydrogens (tertiary/aromatic N) is 3. The van der Waals surface area contributed by atoms with Gasteiger partial charge in [-0.2, -0.15) is 0 Å². The molecule has 3 aromatic rings. The fourth-order valence-electron chi connectivity index (χ4n) is 2.43. The van der Waals surface area contributed by atoms with E-state index in [1.165, 1.54) is 17.3 Å². The van der Waals surface area contributed by atoms with Crippen LogP contribution in [0.25, 0.3) is 5.69 Å². The number of hydrogen-bond acceptors (Lipinski definition) is 4. The van der Waals surface area contributed by atoms with E-state index in [0.717, 1.165) is 17.1 Å². The molecule has 3 rings (SSSR count). The summed E-state index contributed by atoms with van der Waals surface area (Å²) in [5.41, 5.74) is 3.82. The van der Waals surface area contributed by atoms with Crippen LogP contribution in [0.1, 0.15) is 17.0 Å². The number of aryl methyl sites for hydroxylation is 3. The first kappa shape index (κ1) is 18.5. The summed E-state index contributed by atoms with van der Waals surface area (Å²) in [5, 5.41) is 12.5. The highest BCUT2D eigenvalue weighted by molar-refractivity contribution is 7.99. The summed E-state index contributed by atoms with van der Waals surface area (Å²) in [6.07, 6.45) is 0. The Morgan fingerprint density at radius 2 is 1.85 bits per heavy atom. The molecule has 0 saturated heterocycles. The number of rotatable bonds is 5. The summed E-state index contributed by atoms with van der Waals surface area (Å²) < 4.78 is 1.94. The molecule has 0 aliphatic heterocycles. The molecule has 0 bridgehead atoms. The zero-order valence-electron chi connectivity index (χ0n) is 14.8. The molecule has 1 aromatic heterocycles. The zero-order chi connectivity index (χ0) is 18.7. The van der Waals surface area contributed by atoms with Crippen molar-refractivity contribution in [3.05, 3.63) is 64.4 Å². The molecule has 5 nitrogen and oxygen atoms in total. The lowest BCUT2D eigenvalue weighted by atomic mass is 10.2. The summed E-state index contributed by atoms with van der Waals surface area (Å²) in [7, 11) is 0. The normalized spacial score (nSPS) is 10.8. The minimum absolute atomic E-state index is 0.119. The van der Waals surface area contributed by atoms with E-state index in [-0.39, 0.29) is 11.7 Å². The summed E-state index contributed by atoms with van der Waals surface area (Å²) >= 11 is 7.44. The lowest BCUT2D eigenvalue weighted by Crippen LogP contribution is -2.14. The first-order chi connectivity index (χ1) is 12.4. The van der Waals surface area contributed by atoms with Crippen molar-refractivity contribution < 1.29 is 4.79 Å². The second-order valence-corrected chi connectivity index (χ2v) is 7.35. The van der Waals surface area contributed by atoms with E-state index in [2.05, 4.69) is 15.5 Å². The molecule has 1 amide bonds. The highest BCUT2D eigenvalue weighted by Gasteiger charge is 2.13. The predicted octanol–water partition coefficient (Wildman–Crippen LogP) is 4.58. The van der Waals surface area contributed by atoms with E-state index < -0.39 is 0 Å². The maximum atomic E-state index is 12.2. The van der Waals surface area contributed by atoms with Gasteiger partial charge in [-0.3, -0.25) is 9.36 Å². The lowest BCUT2D eigenvalue weighted by molar-refractivity contribution is -0.113. The molecule has 0 aliphatic rings. The molecule has 0 aliphatic carbocycles. The molecule has 0 unspecified atom stereocenters. The van der Waals surface area contributed by atoms with Gasteiger partial charge in [-0.05, 0) is 50.6 Å². The van der Waals surface area contributed by atoms with Crippen LogP contribution in [-0.2, 0) is 4.79 Å². The summed E-state index contributed by atoms with van der Waals surface area (Å²) in [5.74, 6) is 0.892. The number of benzene rings is 2. The third-order valence-corrected chi connectivity index (χ3v) is 5.21. The third kappa shape index (κ3) is 4.26. The van der Waals surface area contributed by atoms with Gasteiger partial charge in [0.25, 0.3) is 0 Å². The molecule has 2 aromatic carbocycles. The summed E-state index contributed by atoms with van der Waals surface area (Å²) in [6, 6.07) is 13.6. The maximum Gasteiger partial charge on any atom is 0.234 e. The van der Waals surface area contributed by atoms with Crippen molar-refractivity contribution in [3.8, 4) is 5.69 Å². The first-order valence-corrected chi connectivity index (χ1v) is 9.48. The summed E-state index contributed by atoms with van der Waals surface area (Å²) in [6.45, 7) is 5.86. The smallest absolute Gasteiger partial charge is 0.234 e. The molecule has 1 N–H and O–H groups in total. The van der Waals surface area contributed by atoms with Crippen LogP contribution in [0.3, 0.4) is 0 Å². The van der Waals surface area contributed by atoms with Gasteiger partial charge in [0, 0.05) is 16.4 Å². The molecular formula is C19H19ClN4OS. The number of hydrogen-bond donors (Lipinski definition) is 1. The maximum absolute atomic E-state index is 12.2. The molecule has 0 atom stereocenters. The Morgan fingerprint density at radius 3 is 2.54 bits per heavy atom. The Morgan fingerprint density at radius 1 is 1.12 bits per heavy atom. The molecule has 0 spiro atoms. The number of anilines is 1. The topological polar surface area (TPSA) is 59.8 Å². The van der Waals surface area contributed by atoms with Gasteiger partial charge in [0.05, 0.1) is 5.75 Å². The third-order valence-electron chi connectivity index (χ3n) is 3.88. The molecule has 0 radical (unpaired) electrons. The van der Waals surface area contributed by atoms with Gasteiger partial charge in [0.2, 0.25) is 5.91 Å². The zero-order valence-corrected chi connectivity index (χ0v) is 16.4. The second-order valence-electron chi connectivity index (χ2n) is 6.00. The van der Waals surface area contributed by atoms with Gasteiger partial charge in [-0.25, -0.2) is 0 Å². The fourth-order valence-corrected chi connectivity index (χ4v) is 3.40. The minimum atomic E-state index is -0.119. The average Bonchev–Trinajstić information content (AvgIpc) is 2.98. The molecule has 0 saturated carbocycles. The highest BCUT2D eigenvalue weighted by atomic mass is 35.5. The van der Waals surface area contributed by atoms with E-state index >= 15 is 0 Å². The van der Waals surface area contributed by atoms with Crippen LogP contribution in [0.15, 0.2) is 47.6 Å². The Bertz CT molecular complexity index is 937. The number of thioether (sulfide) groups is 1. The predicted molar refractivity (Wildman–Crippen MR) is 106 cm³/mol. The van der Waals surface area contributed by atoms with Crippen molar-refractivity contribution in [3.63, 3.8) is 0 Å². The van der Waals surface area contributed by atoms with Crippen LogP contribution in [0.4, 0.5) is 5.69 Å². The number of aromatic nitrogens is 3. The van der Waals surface area contributed by atoms with Crippen molar-refractivity contribution in [2.75, 3.05) is 11.1 Å². The minimum Gasteiger partial charge on any atom is -0.325 e. The van der Waals surface area contributed by atoms with Crippen LogP contribution in [0.2, 0.25) is 5.02 Å². The molecule has 7 heteroatoms. The summed E-state index contributed by atoms with van der Waals surface area (Å²) in [4.78, 5) is 12.2. The Labute approximate surface area is 161 Å². The van der Waals surface area contributed by atoms with Crippen LogP contribution >= 0.6 is 23.4 Å². The number of nitrogens with one attached hydrogen (secondary N) is 1. The number of amides is 1. The Balaban J connectivity index is 1.69. The van der Waals surface area contributed by atoms with Crippen molar-refractivity contribution >= 4 is 35.0 Å². The highest BCUT2D eigenvalue weighted by Crippen LogP contribution is 2.23. The quantitative estimate of drug-likeness (QED) is 0.652. The monoisotopic (exact) mass is 386 g/mol. The number of halogens is 1. The fraction of sp³-hybridized carbons (Fsp3) is 0.211. The van der Waals surface area contributed by atoms with E-state index in [1.807, 2.05) is 61.7 Å². The van der Waals surface area contributed by atoms with Gasteiger partial charge < -0.3 is 5.32 Å². The van der Waals surface area contributed by atoms with Gasteiger partial charge in [-0.15, -0.1) is 10.2 Å². The van der Waals surface area contributed by atoms with Crippen molar-refractivity contribution in [2.45, 2.75) is 25.9 Å². The van der Waals surface area contributed by atoms with Crippen molar-refractivity contribution in [2.24, 2.45) is 0 Å². The lowest BCUT2D eigenvalue weighted by Gasteiger charge is -2.09. The van der Waals surface area contributed by atoms with E-state index in [1.54, 1.807) is 6.07 Å². The van der Waals surface area contributed by atoms with E-state index in [0.29, 0.717) is 15.9 Å². The molecule has 0 fully saturated rings.